The van der Waals surface area contributed by atoms with Crippen LogP contribution in [-0.4, -0.2) is 43.7 Å². The molecule has 0 spiro atoms. The summed E-state index contributed by atoms with van der Waals surface area (Å²) in [5.74, 6) is -0.281. The Morgan fingerprint density at radius 1 is 1.29 bits per heavy atom. The van der Waals surface area contributed by atoms with E-state index in [0.717, 1.165) is 51.8 Å². The molecule has 0 aliphatic carbocycles. The summed E-state index contributed by atoms with van der Waals surface area (Å²) >= 11 is 0. The fourth-order valence-electron chi connectivity index (χ4n) is 2.19. The van der Waals surface area contributed by atoms with E-state index in [1.807, 2.05) is 6.07 Å². The molecule has 0 saturated carbocycles. The van der Waals surface area contributed by atoms with Gasteiger partial charge in [0.2, 0.25) is 0 Å². The number of hydrogen-bond acceptors (Lipinski definition) is 4. The predicted molar refractivity (Wildman–Crippen MR) is 82.5 cm³/mol. The lowest BCUT2D eigenvalue weighted by molar-refractivity contribution is -0.117. The molecule has 0 unspecified atom stereocenters. The van der Waals surface area contributed by atoms with E-state index in [-0.39, 0.29) is 11.5 Å². The largest absolute Gasteiger partial charge is 0.381 e. The highest BCUT2D eigenvalue weighted by atomic mass is 16.5. The minimum Gasteiger partial charge on any atom is -0.381 e. The SMILES string of the molecule is CCCCOCCCNC(=O)/C(C#N)=C\N1CCCCC1. The van der Waals surface area contributed by atoms with E-state index in [1.54, 1.807) is 6.20 Å². The van der Waals surface area contributed by atoms with Gasteiger partial charge < -0.3 is 15.0 Å². The highest BCUT2D eigenvalue weighted by Crippen LogP contribution is 2.10. The van der Waals surface area contributed by atoms with Gasteiger partial charge in [0, 0.05) is 39.0 Å². The second-order valence-electron chi connectivity index (χ2n) is 5.33. The molecule has 5 nitrogen and oxygen atoms in total. The second kappa shape index (κ2) is 11.2. The maximum atomic E-state index is 11.9. The van der Waals surface area contributed by atoms with E-state index >= 15 is 0 Å². The topological polar surface area (TPSA) is 65.4 Å². The lowest BCUT2D eigenvalue weighted by atomic mass is 10.1. The van der Waals surface area contributed by atoms with Crippen molar-refractivity contribution in [3.63, 3.8) is 0 Å². The van der Waals surface area contributed by atoms with Crippen LogP contribution in [0, 0.1) is 11.3 Å². The number of likely N-dealkylation sites (tertiary alicyclic amines) is 1. The monoisotopic (exact) mass is 293 g/mol. The minimum absolute atomic E-state index is 0.198. The van der Waals surface area contributed by atoms with E-state index in [0.29, 0.717) is 13.2 Å². The van der Waals surface area contributed by atoms with E-state index in [1.165, 1.54) is 6.42 Å². The molecule has 1 rings (SSSR count). The van der Waals surface area contributed by atoms with Gasteiger partial charge in [0.1, 0.15) is 11.6 Å². The molecule has 1 heterocycles. The fraction of sp³-hybridized carbons (Fsp3) is 0.750. The Labute approximate surface area is 127 Å². The zero-order chi connectivity index (χ0) is 15.3. The Morgan fingerprint density at radius 2 is 2.00 bits per heavy atom. The molecule has 0 aromatic carbocycles. The Kier molecular flexibility index (Phi) is 9.30. The predicted octanol–water partition coefficient (Wildman–Crippen LogP) is 2.20. The second-order valence-corrected chi connectivity index (χ2v) is 5.33. The maximum absolute atomic E-state index is 11.9. The van der Waals surface area contributed by atoms with Gasteiger partial charge >= 0.3 is 0 Å². The van der Waals surface area contributed by atoms with E-state index in [4.69, 9.17) is 10.00 Å². The van der Waals surface area contributed by atoms with Gasteiger partial charge in [0.25, 0.3) is 5.91 Å². The number of unbranched alkanes of at least 4 members (excludes halogenated alkanes) is 1. The van der Waals surface area contributed by atoms with Gasteiger partial charge in [0.15, 0.2) is 0 Å². The number of amides is 1. The molecule has 1 aliphatic heterocycles. The molecule has 0 radical (unpaired) electrons. The Hall–Kier alpha value is -1.54. The van der Waals surface area contributed by atoms with Gasteiger partial charge in [-0.2, -0.15) is 5.26 Å². The summed E-state index contributed by atoms with van der Waals surface area (Å²) < 4.78 is 5.43. The number of rotatable bonds is 9. The van der Waals surface area contributed by atoms with Crippen LogP contribution in [0.4, 0.5) is 0 Å². The van der Waals surface area contributed by atoms with Crippen LogP contribution in [-0.2, 0) is 9.53 Å². The first-order chi connectivity index (χ1) is 10.3. The molecule has 1 N–H and O–H groups in total. The quantitative estimate of drug-likeness (QED) is 0.402. The number of nitrogens with one attached hydrogen (secondary N) is 1. The number of carbonyl (C=O) groups is 1. The van der Waals surface area contributed by atoms with Gasteiger partial charge in [0.05, 0.1) is 0 Å². The van der Waals surface area contributed by atoms with Crippen molar-refractivity contribution < 1.29 is 9.53 Å². The molecular weight excluding hydrogens is 266 g/mol. The van der Waals surface area contributed by atoms with Crippen LogP contribution in [0.5, 0.6) is 0 Å². The van der Waals surface area contributed by atoms with Gasteiger partial charge in [-0.1, -0.05) is 13.3 Å². The highest BCUT2D eigenvalue weighted by Gasteiger charge is 2.12. The molecule has 0 bridgehead atoms. The van der Waals surface area contributed by atoms with Crippen LogP contribution in [0.2, 0.25) is 0 Å². The van der Waals surface area contributed by atoms with Crippen LogP contribution in [0.1, 0.15) is 45.4 Å². The Balaban J connectivity index is 2.22. The van der Waals surface area contributed by atoms with E-state index in [2.05, 4.69) is 17.1 Å². The molecule has 0 aromatic heterocycles. The minimum atomic E-state index is -0.281. The summed E-state index contributed by atoms with van der Waals surface area (Å²) in [5, 5.41) is 11.9. The summed E-state index contributed by atoms with van der Waals surface area (Å²) in [6.45, 7) is 5.97. The van der Waals surface area contributed by atoms with Crippen LogP contribution in [0.15, 0.2) is 11.8 Å². The summed E-state index contributed by atoms with van der Waals surface area (Å²) in [6.07, 6.45) is 8.17. The fourth-order valence-corrected chi connectivity index (χ4v) is 2.19. The standard InChI is InChI=1S/C16H27N3O2/c1-2-3-11-21-12-7-8-18-16(20)15(13-17)14-19-9-5-4-6-10-19/h14H,2-12H2,1H3,(H,18,20)/b15-14-. The van der Waals surface area contributed by atoms with Crippen molar-refractivity contribution in [1.29, 1.82) is 5.26 Å². The first-order valence-corrected chi connectivity index (χ1v) is 8.00. The first-order valence-electron chi connectivity index (χ1n) is 8.00. The molecule has 1 amide bonds. The zero-order valence-electron chi connectivity index (χ0n) is 13.1. The molecule has 1 saturated heterocycles. The molecular formula is C16H27N3O2. The third-order valence-corrected chi connectivity index (χ3v) is 3.46. The number of nitriles is 1. The van der Waals surface area contributed by atoms with Gasteiger partial charge in [-0.3, -0.25) is 4.79 Å². The number of nitrogens with zero attached hydrogens (tertiary/aromatic N) is 2. The molecule has 0 atom stereocenters. The summed E-state index contributed by atoms with van der Waals surface area (Å²) in [7, 11) is 0. The Morgan fingerprint density at radius 3 is 2.67 bits per heavy atom. The molecule has 0 aromatic rings. The summed E-state index contributed by atoms with van der Waals surface area (Å²) in [4.78, 5) is 14.0. The lowest BCUT2D eigenvalue weighted by Gasteiger charge is -2.25. The van der Waals surface area contributed by atoms with Crippen molar-refractivity contribution in [2.24, 2.45) is 0 Å². The molecule has 1 aliphatic rings. The van der Waals surface area contributed by atoms with E-state index < -0.39 is 0 Å². The average molecular weight is 293 g/mol. The molecule has 118 valence electrons. The van der Waals surface area contributed by atoms with Gasteiger partial charge in [-0.05, 0) is 32.1 Å². The van der Waals surface area contributed by atoms with E-state index in [9.17, 15) is 4.79 Å². The first kappa shape index (κ1) is 17.5. The maximum Gasteiger partial charge on any atom is 0.263 e. The molecule has 1 fully saturated rings. The van der Waals surface area contributed by atoms with Crippen LogP contribution in [0.3, 0.4) is 0 Å². The normalized spacial score (nSPS) is 15.6. The van der Waals surface area contributed by atoms with Crippen LogP contribution < -0.4 is 5.32 Å². The van der Waals surface area contributed by atoms with Crippen molar-refractivity contribution in [2.75, 3.05) is 32.8 Å². The van der Waals surface area contributed by atoms with Crippen molar-refractivity contribution in [2.45, 2.75) is 45.4 Å². The summed E-state index contributed by atoms with van der Waals surface area (Å²) in [6, 6.07) is 1.99. The number of hydrogen-bond donors (Lipinski definition) is 1. The van der Waals surface area contributed by atoms with Crippen LogP contribution in [0.25, 0.3) is 0 Å². The van der Waals surface area contributed by atoms with Crippen molar-refractivity contribution in [1.82, 2.24) is 10.2 Å². The molecule has 21 heavy (non-hydrogen) atoms. The number of ether oxygens (including phenoxy) is 1. The smallest absolute Gasteiger partial charge is 0.263 e. The number of piperidine rings is 1. The summed E-state index contributed by atoms with van der Waals surface area (Å²) in [5.41, 5.74) is 0.198. The molecule has 5 heteroatoms. The zero-order valence-corrected chi connectivity index (χ0v) is 13.1. The number of carbonyl (C=O) groups excluding carboxylic acids is 1. The van der Waals surface area contributed by atoms with Gasteiger partial charge in [-0.25, -0.2) is 0 Å². The van der Waals surface area contributed by atoms with Crippen molar-refractivity contribution in [3.05, 3.63) is 11.8 Å². The third kappa shape index (κ3) is 7.72. The third-order valence-electron chi connectivity index (χ3n) is 3.46. The lowest BCUT2D eigenvalue weighted by Crippen LogP contribution is -2.30. The van der Waals surface area contributed by atoms with Gasteiger partial charge in [-0.15, -0.1) is 0 Å². The highest BCUT2D eigenvalue weighted by molar-refractivity contribution is 5.97. The van der Waals surface area contributed by atoms with Crippen molar-refractivity contribution in [3.8, 4) is 6.07 Å². The average Bonchev–Trinajstić information content (AvgIpc) is 2.52. The van der Waals surface area contributed by atoms with Crippen LogP contribution >= 0.6 is 0 Å². The van der Waals surface area contributed by atoms with Crippen molar-refractivity contribution >= 4 is 5.91 Å². The Bertz CT molecular complexity index is 368.